The van der Waals surface area contributed by atoms with Crippen LogP contribution in [0.1, 0.15) is 12.0 Å². The number of anilines is 1. The van der Waals surface area contributed by atoms with Crippen LogP contribution in [0.25, 0.3) is 0 Å². The van der Waals surface area contributed by atoms with Crippen molar-refractivity contribution in [2.45, 2.75) is 19.4 Å². The second kappa shape index (κ2) is 6.12. The topological polar surface area (TPSA) is 68.0 Å². The number of nitrogens with two attached hydrogens (primary N) is 1. The first-order chi connectivity index (χ1) is 9.11. The predicted octanol–water partition coefficient (Wildman–Crippen LogP) is 0.912. The van der Waals surface area contributed by atoms with Gasteiger partial charge in [-0.25, -0.2) is 0 Å². The molecule has 1 aromatic carbocycles. The van der Waals surface area contributed by atoms with Gasteiger partial charge in [-0.2, -0.15) is 0 Å². The third-order valence-corrected chi connectivity index (χ3v) is 3.26. The summed E-state index contributed by atoms with van der Waals surface area (Å²) in [6.07, 6.45) is 0.191. The van der Waals surface area contributed by atoms with Gasteiger partial charge < -0.3 is 25.2 Å². The van der Waals surface area contributed by atoms with Crippen LogP contribution in [-0.2, 0) is 0 Å². The molecule has 5 heteroatoms. The summed E-state index contributed by atoms with van der Waals surface area (Å²) in [6, 6.07) is 3.95. The van der Waals surface area contributed by atoms with Crippen molar-refractivity contribution in [3.8, 4) is 11.5 Å². The highest BCUT2D eigenvalue weighted by Crippen LogP contribution is 2.36. The van der Waals surface area contributed by atoms with Crippen molar-refractivity contribution >= 4 is 5.69 Å². The first-order valence-electron chi connectivity index (χ1n) is 6.61. The van der Waals surface area contributed by atoms with Crippen LogP contribution >= 0.6 is 0 Å². The average Bonchev–Trinajstić information content (AvgIpc) is 2.38. The van der Waals surface area contributed by atoms with Gasteiger partial charge in [-0.1, -0.05) is 0 Å². The molecule has 1 aliphatic heterocycles. The standard InChI is InChI=1S/C14H22N2O3/c1-10-7-13-14(19-6-5-18-13)8-12(10)16(2)9-11(17)3-4-15/h7-8,11,17H,3-6,9,15H2,1-2H3. The Labute approximate surface area is 113 Å². The molecule has 19 heavy (non-hydrogen) atoms. The fourth-order valence-electron chi connectivity index (χ4n) is 2.29. The molecule has 3 N–H and O–H groups in total. The Kier molecular flexibility index (Phi) is 4.50. The number of rotatable bonds is 5. The minimum atomic E-state index is -0.414. The molecule has 0 bridgehead atoms. The predicted molar refractivity (Wildman–Crippen MR) is 75.1 cm³/mol. The third-order valence-electron chi connectivity index (χ3n) is 3.26. The van der Waals surface area contributed by atoms with Crippen LogP contribution in [0.5, 0.6) is 11.5 Å². The van der Waals surface area contributed by atoms with Crippen LogP contribution in [0.4, 0.5) is 5.69 Å². The van der Waals surface area contributed by atoms with Crippen molar-refractivity contribution in [2.75, 3.05) is 38.3 Å². The van der Waals surface area contributed by atoms with Crippen LogP contribution in [0.2, 0.25) is 0 Å². The lowest BCUT2D eigenvalue weighted by atomic mass is 10.1. The molecule has 1 aromatic rings. The van der Waals surface area contributed by atoms with Crippen LogP contribution in [0.3, 0.4) is 0 Å². The van der Waals surface area contributed by atoms with Crippen molar-refractivity contribution in [2.24, 2.45) is 5.73 Å². The Morgan fingerprint density at radius 1 is 1.32 bits per heavy atom. The van der Waals surface area contributed by atoms with E-state index in [0.717, 1.165) is 22.7 Å². The summed E-state index contributed by atoms with van der Waals surface area (Å²) in [6.45, 7) is 4.25. The van der Waals surface area contributed by atoms with Gasteiger partial charge in [-0.3, -0.25) is 0 Å². The zero-order valence-corrected chi connectivity index (χ0v) is 11.6. The second-order valence-corrected chi connectivity index (χ2v) is 4.89. The van der Waals surface area contributed by atoms with Crippen molar-refractivity contribution in [1.29, 1.82) is 0 Å². The molecule has 5 nitrogen and oxygen atoms in total. The molecular formula is C14H22N2O3. The lowest BCUT2D eigenvalue weighted by Crippen LogP contribution is -2.31. The van der Waals surface area contributed by atoms with Crippen molar-refractivity contribution < 1.29 is 14.6 Å². The molecule has 0 spiro atoms. The van der Waals surface area contributed by atoms with Gasteiger partial charge >= 0.3 is 0 Å². The van der Waals surface area contributed by atoms with E-state index in [1.165, 1.54) is 0 Å². The maximum Gasteiger partial charge on any atom is 0.163 e. The summed E-state index contributed by atoms with van der Waals surface area (Å²) in [5.74, 6) is 1.57. The summed E-state index contributed by atoms with van der Waals surface area (Å²) >= 11 is 0. The number of nitrogens with zero attached hydrogens (tertiary/aromatic N) is 1. The van der Waals surface area contributed by atoms with E-state index < -0.39 is 6.10 Å². The number of likely N-dealkylation sites (N-methyl/N-ethyl adjacent to an activating group) is 1. The van der Waals surface area contributed by atoms with E-state index in [4.69, 9.17) is 15.2 Å². The quantitative estimate of drug-likeness (QED) is 0.829. The molecule has 0 saturated heterocycles. The Morgan fingerprint density at radius 2 is 1.95 bits per heavy atom. The largest absolute Gasteiger partial charge is 0.486 e. The summed E-state index contributed by atoms with van der Waals surface area (Å²) in [7, 11) is 1.96. The molecule has 0 amide bonds. The second-order valence-electron chi connectivity index (χ2n) is 4.89. The van der Waals surface area contributed by atoms with E-state index in [0.29, 0.717) is 32.7 Å². The van der Waals surface area contributed by atoms with Gasteiger partial charge in [0.25, 0.3) is 0 Å². The summed E-state index contributed by atoms with van der Waals surface area (Å²) in [5, 5.41) is 9.83. The average molecular weight is 266 g/mol. The molecule has 0 saturated carbocycles. The molecule has 1 atom stereocenters. The minimum Gasteiger partial charge on any atom is -0.486 e. The van der Waals surface area contributed by atoms with E-state index in [1.807, 2.05) is 31.0 Å². The molecule has 0 aromatic heterocycles. The Bertz CT molecular complexity index is 437. The van der Waals surface area contributed by atoms with Gasteiger partial charge in [0.2, 0.25) is 0 Å². The number of aliphatic hydroxyl groups is 1. The molecular weight excluding hydrogens is 244 g/mol. The number of hydrogen-bond acceptors (Lipinski definition) is 5. The van der Waals surface area contributed by atoms with E-state index in [1.54, 1.807) is 0 Å². The van der Waals surface area contributed by atoms with E-state index in [2.05, 4.69) is 0 Å². The van der Waals surface area contributed by atoms with Crippen LogP contribution < -0.4 is 20.1 Å². The highest BCUT2D eigenvalue weighted by atomic mass is 16.6. The van der Waals surface area contributed by atoms with Crippen LogP contribution in [0, 0.1) is 6.92 Å². The summed E-state index contributed by atoms with van der Waals surface area (Å²) in [4.78, 5) is 2.02. The van der Waals surface area contributed by atoms with Gasteiger partial charge in [0, 0.05) is 25.3 Å². The van der Waals surface area contributed by atoms with Crippen molar-refractivity contribution in [3.63, 3.8) is 0 Å². The lowest BCUT2D eigenvalue weighted by Gasteiger charge is -2.27. The molecule has 1 unspecified atom stereocenters. The van der Waals surface area contributed by atoms with E-state index in [9.17, 15) is 5.11 Å². The first-order valence-corrected chi connectivity index (χ1v) is 6.61. The zero-order chi connectivity index (χ0) is 13.8. The highest BCUT2D eigenvalue weighted by Gasteiger charge is 2.17. The first kappa shape index (κ1) is 14.0. The van der Waals surface area contributed by atoms with Gasteiger partial charge in [0.1, 0.15) is 13.2 Å². The molecule has 2 rings (SSSR count). The highest BCUT2D eigenvalue weighted by molar-refractivity contribution is 5.61. The normalized spacial score (nSPS) is 15.2. The molecule has 0 fully saturated rings. The monoisotopic (exact) mass is 266 g/mol. The number of aryl methyl sites for hydroxylation is 1. The molecule has 0 aliphatic carbocycles. The van der Waals surface area contributed by atoms with Crippen LogP contribution in [-0.4, -0.2) is 44.6 Å². The third kappa shape index (κ3) is 3.30. The minimum absolute atomic E-state index is 0.414. The summed E-state index contributed by atoms with van der Waals surface area (Å²) in [5.41, 5.74) is 7.60. The Morgan fingerprint density at radius 3 is 2.58 bits per heavy atom. The SMILES string of the molecule is Cc1cc2c(cc1N(C)CC(O)CCN)OCCO2. The Balaban J connectivity index is 2.14. The van der Waals surface area contributed by atoms with Crippen molar-refractivity contribution in [3.05, 3.63) is 17.7 Å². The maximum absolute atomic E-state index is 9.83. The maximum atomic E-state index is 9.83. The zero-order valence-electron chi connectivity index (χ0n) is 11.6. The number of ether oxygens (including phenoxy) is 2. The van der Waals surface area contributed by atoms with E-state index in [-0.39, 0.29) is 0 Å². The molecule has 106 valence electrons. The Hall–Kier alpha value is -1.46. The van der Waals surface area contributed by atoms with Gasteiger partial charge in [-0.05, 0) is 31.5 Å². The van der Waals surface area contributed by atoms with Gasteiger partial charge in [-0.15, -0.1) is 0 Å². The van der Waals surface area contributed by atoms with E-state index >= 15 is 0 Å². The van der Waals surface area contributed by atoms with Crippen molar-refractivity contribution in [1.82, 2.24) is 0 Å². The number of hydrogen-bond donors (Lipinski definition) is 2. The molecule has 1 heterocycles. The number of fused-ring (bicyclic) bond motifs is 1. The fraction of sp³-hybridized carbons (Fsp3) is 0.571. The van der Waals surface area contributed by atoms with Gasteiger partial charge in [0.15, 0.2) is 11.5 Å². The number of aliphatic hydroxyl groups excluding tert-OH is 1. The summed E-state index contributed by atoms with van der Waals surface area (Å²) < 4.78 is 11.1. The lowest BCUT2D eigenvalue weighted by molar-refractivity contribution is 0.170. The fourth-order valence-corrected chi connectivity index (χ4v) is 2.29. The molecule has 0 radical (unpaired) electrons. The van der Waals surface area contributed by atoms with Crippen LogP contribution in [0.15, 0.2) is 12.1 Å². The smallest absolute Gasteiger partial charge is 0.163 e. The van der Waals surface area contributed by atoms with Gasteiger partial charge in [0.05, 0.1) is 6.10 Å². The molecule has 1 aliphatic rings. The number of benzene rings is 1.